The number of carbonyl (C=O) groups excluding carboxylic acids is 1. The summed E-state index contributed by atoms with van der Waals surface area (Å²) >= 11 is 3.41. The molecule has 3 nitrogen and oxygen atoms in total. The third kappa shape index (κ3) is 4.08. The number of rotatable bonds is 6. The summed E-state index contributed by atoms with van der Waals surface area (Å²) in [5.74, 6) is 0.589. The number of hydrogen-bond acceptors (Lipinski definition) is 2. The van der Waals surface area contributed by atoms with Crippen molar-refractivity contribution in [1.29, 1.82) is 0 Å². The van der Waals surface area contributed by atoms with Crippen LogP contribution >= 0.6 is 15.9 Å². The van der Waals surface area contributed by atoms with Gasteiger partial charge in [-0.1, -0.05) is 58.4 Å². The maximum Gasteiger partial charge on any atom is 0.257 e. The largest absolute Gasteiger partial charge is 0.496 e. The number of alkyl halides is 1. The van der Waals surface area contributed by atoms with Crippen LogP contribution in [0.2, 0.25) is 0 Å². The van der Waals surface area contributed by atoms with Crippen molar-refractivity contribution in [2.24, 2.45) is 0 Å². The Hall–Kier alpha value is -1.81. The molecule has 2 aromatic rings. The number of carbonyl (C=O) groups is 1. The van der Waals surface area contributed by atoms with Gasteiger partial charge in [0.1, 0.15) is 5.75 Å². The monoisotopic (exact) mass is 347 g/mol. The number of para-hydroxylation sites is 1. The van der Waals surface area contributed by atoms with Gasteiger partial charge < -0.3 is 9.64 Å². The van der Waals surface area contributed by atoms with E-state index in [0.717, 1.165) is 10.9 Å². The highest BCUT2D eigenvalue weighted by molar-refractivity contribution is 9.09. The van der Waals surface area contributed by atoms with Crippen LogP contribution in [-0.4, -0.2) is 29.8 Å². The summed E-state index contributed by atoms with van der Waals surface area (Å²) in [6, 6.07) is 17.3. The van der Waals surface area contributed by atoms with Crippen LogP contribution in [0.15, 0.2) is 54.6 Å². The van der Waals surface area contributed by atoms with E-state index in [9.17, 15) is 4.79 Å². The first kappa shape index (κ1) is 15.6. The van der Waals surface area contributed by atoms with Crippen molar-refractivity contribution >= 4 is 21.8 Å². The van der Waals surface area contributed by atoms with Crippen molar-refractivity contribution < 1.29 is 9.53 Å². The van der Waals surface area contributed by atoms with Gasteiger partial charge in [-0.05, 0) is 17.7 Å². The van der Waals surface area contributed by atoms with E-state index in [1.165, 1.54) is 0 Å². The van der Waals surface area contributed by atoms with Gasteiger partial charge in [0.25, 0.3) is 5.91 Å². The van der Waals surface area contributed by atoms with E-state index in [1.807, 2.05) is 53.4 Å². The molecule has 0 bridgehead atoms. The van der Waals surface area contributed by atoms with E-state index in [1.54, 1.807) is 13.2 Å². The highest BCUT2D eigenvalue weighted by atomic mass is 79.9. The van der Waals surface area contributed by atoms with Gasteiger partial charge in [0, 0.05) is 18.4 Å². The van der Waals surface area contributed by atoms with E-state index >= 15 is 0 Å². The number of amides is 1. The standard InChI is InChI=1S/C17H18BrNO2/c1-21-16-10-6-5-9-15(16)17(20)19(12-11-18)13-14-7-3-2-4-8-14/h2-10H,11-13H2,1H3. The maximum atomic E-state index is 12.7. The molecule has 110 valence electrons. The Balaban J connectivity index is 2.23. The minimum absolute atomic E-state index is 0.0178. The molecule has 2 rings (SSSR count). The van der Waals surface area contributed by atoms with Crippen LogP contribution in [0.1, 0.15) is 15.9 Å². The summed E-state index contributed by atoms with van der Waals surface area (Å²) in [6.07, 6.45) is 0. The molecule has 0 saturated carbocycles. The molecule has 1 amide bonds. The molecule has 21 heavy (non-hydrogen) atoms. The number of ether oxygens (including phenoxy) is 1. The topological polar surface area (TPSA) is 29.5 Å². The van der Waals surface area contributed by atoms with E-state index < -0.39 is 0 Å². The molecule has 0 atom stereocenters. The van der Waals surface area contributed by atoms with E-state index in [0.29, 0.717) is 24.4 Å². The fourth-order valence-corrected chi connectivity index (χ4v) is 2.58. The average molecular weight is 348 g/mol. The Bertz CT molecular complexity index is 586. The lowest BCUT2D eigenvalue weighted by atomic mass is 10.1. The first-order chi connectivity index (χ1) is 10.3. The Labute approximate surface area is 133 Å². The van der Waals surface area contributed by atoms with Gasteiger partial charge in [-0.2, -0.15) is 0 Å². The van der Waals surface area contributed by atoms with Gasteiger partial charge in [0.15, 0.2) is 0 Å². The van der Waals surface area contributed by atoms with Gasteiger partial charge in [-0.15, -0.1) is 0 Å². The molecular weight excluding hydrogens is 330 g/mol. The Morgan fingerprint density at radius 2 is 1.76 bits per heavy atom. The summed E-state index contributed by atoms with van der Waals surface area (Å²) in [7, 11) is 1.58. The van der Waals surface area contributed by atoms with Crippen LogP contribution in [0.3, 0.4) is 0 Å². The molecule has 0 unspecified atom stereocenters. The van der Waals surface area contributed by atoms with Crippen LogP contribution in [-0.2, 0) is 6.54 Å². The number of nitrogens with zero attached hydrogens (tertiary/aromatic N) is 1. The Morgan fingerprint density at radius 3 is 2.43 bits per heavy atom. The van der Waals surface area contributed by atoms with Crippen molar-refractivity contribution in [2.45, 2.75) is 6.54 Å². The highest BCUT2D eigenvalue weighted by Gasteiger charge is 2.18. The van der Waals surface area contributed by atoms with E-state index in [4.69, 9.17) is 4.74 Å². The third-order valence-corrected chi connectivity index (χ3v) is 3.55. The molecule has 0 spiro atoms. The molecule has 2 aromatic carbocycles. The number of benzene rings is 2. The van der Waals surface area contributed by atoms with Crippen LogP contribution in [0.5, 0.6) is 5.75 Å². The Morgan fingerprint density at radius 1 is 1.10 bits per heavy atom. The van der Waals surface area contributed by atoms with Crippen molar-refractivity contribution in [3.8, 4) is 5.75 Å². The molecule has 0 fully saturated rings. The van der Waals surface area contributed by atoms with Crippen LogP contribution < -0.4 is 4.74 Å². The first-order valence-corrected chi connectivity index (χ1v) is 7.90. The second-order valence-corrected chi connectivity index (χ2v) is 5.39. The summed E-state index contributed by atoms with van der Waals surface area (Å²) in [4.78, 5) is 14.6. The SMILES string of the molecule is COc1ccccc1C(=O)N(CCBr)Cc1ccccc1. The molecule has 0 aliphatic carbocycles. The zero-order valence-electron chi connectivity index (χ0n) is 12.0. The van der Waals surface area contributed by atoms with Gasteiger partial charge in [0.2, 0.25) is 0 Å². The number of halogens is 1. The number of hydrogen-bond donors (Lipinski definition) is 0. The first-order valence-electron chi connectivity index (χ1n) is 6.78. The predicted octanol–water partition coefficient (Wildman–Crippen LogP) is 3.73. The normalized spacial score (nSPS) is 10.2. The molecular formula is C17H18BrNO2. The van der Waals surface area contributed by atoms with Gasteiger partial charge in [-0.25, -0.2) is 0 Å². The highest BCUT2D eigenvalue weighted by Crippen LogP contribution is 2.20. The molecule has 0 saturated heterocycles. The van der Waals surface area contributed by atoms with Gasteiger partial charge in [-0.3, -0.25) is 4.79 Å². The number of methoxy groups -OCH3 is 1. The predicted molar refractivity (Wildman–Crippen MR) is 88.0 cm³/mol. The van der Waals surface area contributed by atoms with E-state index in [2.05, 4.69) is 15.9 Å². The molecule has 0 heterocycles. The maximum absolute atomic E-state index is 12.7. The second-order valence-electron chi connectivity index (χ2n) is 4.60. The molecule has 0 N–H and O–H groups in total. The van der Waals surface area contributed by atoms with Gasteiger partial charge in [0.05, 0.1) is 12.7 Å². The summed E-state index contributed by atoms with van der Waals surface area (Å²) in [5, 5.41) is 0.737. The van der Waals surface area contributed by atoms with Crippen molar-refractivity contribution in [3.05, 3.63) is 65.7 Å². The second kappa shape index (κ2) is 7.84. The fourth-order valence-electron chi connectivity index (χ4n) is 2.15. The van der Waals surface area contributed by atoms with Crippen LogP contribution in [0.4, 0.5) is 0 Å². The fraction of sp³-hybridized carbons (Fsp3) is 0.235. The quantitative estimate of drug-likeness (QED) is 0.745. The minimum Gasteiger partial charge on any atom is -0.496 e. The summed E-state index contributed by atoms with van der Waals surface area (Å²) in [5.41, 5.74) is 1.71. The minimum atomic E-state index is -0.0178. The molecule has 4 heteroatoms. The summed E-state index contributed by atoms with van der Waals surface area (Å²) < 4.78 is 5.29. The molecule has 0 aromatic heterocycles. The van der Waals surface area contributed by atoms with Crippen molar-refractivity contribution in [1.82, 2.24) is 4.90 Å². The van der Waals surface area contributed by atoms with Crippen molar-refractivity contribution in [3.63, 3.8) is 0 Å². The zero-order valence-corrected chi connectivity index (χ0v) is 13.5. The smallest absolute Gasteiger partial charge is 0.257 e. The van der Waals surface area contributed by atoms with E-state index in [-0.39, 0.29) is 5.91 Å². The Kier molecular flexibility index (Phi) is 5.81. The molecule has 0 aliphatic heterocycles. The lowest BCUT2D eigenvalue weighted by Gasteiger charge is -2.23. The van der Waals surface area contributed by atoms with Gasteiger partial charge >= 0.3 is 0 Å². The van der Waals surface area contributed by atoms with Crippen LogP contribution in [0.25, 0.3) is 0 Å². The van der Waals surface area contributed by atoms with Crippen LogP contribution in [0, 0.1) is 0 Å². The average Bonchev–Trinajstić information content (AvgIpc) is 2.54. The summed E-state index contributed by atoms with van der Waals surface area (Å²) in [6.45, 7) is 1.23. The van der Waals surface area contributed by atoms with Crippen molar-refractivity contribution in [2.75, 3.05) is 19.0 Å². The third-order valence-electron chi connectivity index (χ3n) is 3.20. The molecule has 0 radical (unpaired) electrons. The lowest BCUT2D eigenvalue weighted by Crippen LogP contribution is -2.32. The zero-order chi connectivity index (χ0) is 15.1. The molecule has 0 aliphatic rings. The lowest BCUT2D eigenvalue weighted by molar-refractivity contribution is 0.0751.